The molecule has 0 bridgehead atoms. The first-order chi connectivity index (χ1) is 14.2. The van der Waals surface area contributed by atoms with E-state index in [1.165, 1.54) is 10.6 Å². The molecule has 1 aliphatic rings. The maximum atomic E-state index is 12.6. The van der Waals surface area contributed by atoms with Crippen LogP contribution >= 0.6 is 0 Å². The topological polar surface area (TPSA) is 95.6 Å². The summed E-state index contributed by atoms with van der Waals surface area (Å²) in [6.07, 6.45) is 3.05. The number of nitrogens with zero attached hydrogens (tertiary/aromatic N) is 1. The maximum absolute atomic E-state index is 12.6. The molecule has 0 saturated heterocycles. The summed E-state index contributed by atoms with van der Waals surface area (Å²) in [6, 6.07) is 12.3. The summed E-state index contributed by atoms with van der Waals surface area (Å²) in [4.78, 5) is 24.2. The lowest BCUT2D eigenvalue weighted by molar-refractivity contribution is -0.116. The molecule has 0 fully saturated rings. The smallest absolute Gasteiger partial charge is 0.251 e. The summed E-state index contributed by atoms with van der Waals surface area (Å²) in [5, 5.41) is 5.71. The molecule has 0 saturated carbocycles. The number of carbonyl (C=O) groups is 2. The zero-order valence-electron chi connectivity index (χ0n) is 17.4. The standard InChI is InChI=1S/C22H27N3O4S/c1-4-5-21(26)24-19-9-6-16(7-10-19)14-23-22(27)17-8-11-20-18(13-17)12-15(2)25(20)30(3,28)29/h6-11,13,15H,4-5,12,14H2,1-3H3,(H,23,27)(H,24,26). The van der Waals surface area contributed by atoms with Crippen LogP contribution in [0.2, 0.25) is 0 Å². The second kappa shape index (κ2) is 8.87. The van der Waals surface area contributed by atoms with Crippen molar-refractivity contribution in [2.24, 2.45) is 0 Å². The number of benzene rings is 2. The molecule has 1 atom stereocenters. The number of amides is 2. The van der Waals surface area contributed by atoms with E-state index in [2.05, 4.69) is 10.6 Å². The van der Waals surface area contributed by atoms with Gasteiger partial charge in [-0.3, -0.25) is 13.9 Å². The number of anilines is 2. The van der Waals surface area contributed by atoms with Crippen LogP contribution in [0.4, 0.5) is 11.4 Å². The molecule has 1 aliphatic heterocycles. The van der Waals surface area contributed by atoms with Gasteiger partial charge in [0.05, 0.1) is 11.9 Å². The van der Waals surface area contributed by atoms with E-state index in [0.717, 1.165) is 23.2 Å². The third-order valence-electron chi connectivity index (χ3n) is 5.02. The SMILES string of the molecule is CCCC(=O)Nc1ccc(CNC(=O)c2ccc3c(c2)CC(C)N3S(C)(=O)=O)cc1. The average molecular weight is 430 g/mol. The van der Waals surface area contributed by atoms with E-state index in [4.69, 9.17) is 0 Å². The summed E-state index contributed by atoms with van der Waals surface area (Å²) < 4.78 is 25.5. The van der Waals surface area contributed by atoms with Gasteiger partial charge in [0.2, 0.25) is 15.9 Å². The van der Waals surface area contributed by atoms with Gasteiger partial charge in [-0.25, -0.2) is 8.42 Å². The van der Waals surface area contributed by atoms with Crippen molar-refractivity contribution in [2.75, 3.05) is 15.9 Å². The number of sulfonamides is 1. The molecule has 8 heteroatoms. The maximum Gasteiger partial charge on any atom is 0.251 e. The van der Waals surface area contributed by atoms with E-state index in [0.29, 0.717) is 30.6 Å². The third-order valence-corrected chi connectivity index (χ3v) is 6.29. The van der Waals surface area contributed by atoms with Crippen molar-refractivity contribution in [1.82, 2.24) is 5.32 Å². The predicted octanol–water partition coefficient (Wildman–Crippen LogP) is 3.07. The molecule has 0 aliphatic carbocycles. The summed E-state index contributed by atoms with van der Waals surface area (Å²) >= 11 is 0. The lowest BCUT2D eigenvalue weighted by atomic mass is 10.1. The Bertz CT molecular complexity index is 1050. The van der Waals surface area contributed by atoms with Crippen molar-refractivity contribution in [3.8, 4) is 0 Å². The Morgan fingerprint density at radius 1 is 1.13 bits per heavy atom. The van der Waals surface area contributed by atoms with Gasteiger partial charge in [-0.2, -0.15) is 0 Å². The number of hydrogen-bond acceptors (Lipinski definition) is 4. The van der Waals surface area contributed by atoms with E-state index in [9.17, 15) is 18.0 Å². The summed E-state index contributed by atoms with van der Waals surface area (Å²) in [6.45, 7) is 4.16. The molecular weight excluding hydrogens is 402 g/mol. The molecule has 2 aromatic carbocycles. The zero-order valence-corrected chi connectivity index (χ0v) is 18.3. The van der Waals surface area contributed by atoms with Crippen LogP contribution in [-0.2, 0) is 27.8 Å². The van der Waals surface area contributed by atoms with Crippen molar-refractivity contribution < 1.29 is 18.0 Å². The van der Waals surface area contributed by atoms with Gasteiger partial charge in [0.15, 0.2) is 0 Å². The molecule has 0 spiro atoms. The van der Waals surface area contributed by atoms with E-state index >= 15 is 0 Å². The summed E-state index contributed by atoms with van der Waals surface area (Å²) in [7, 11) is -3.35. The third kappa shape index (κ3) is 4.99. The van der Waals surface area contributed by atoms with E-state index in [1.54, 1.807) is 18.2 Å². The Kier molecular flexibility index (Phi) is 6.45. The fourth-order valence-electron chi connectivity index (χ4n) is 3.69. The van der Waals surface area contributed by atoms with Crippen molar-refractivity contribution in [1.29, 1.82) is 0 Å². The number of fused-ring (bicyclic) bond motifs is 1. The molecule has 2 amide bonds. The normalized spacial score (nSPS) is 15.6. The monoisotopic (exact) mass is 429 g/mol. The van der Waals surface area contributed by atoms with Gasteiger partial charge >= 0.3 is 0 Å². The minimum absolute atomic E-state index is 0.0149. The van der Waals surface area contributed by atoms with Crippen LogP contribution < -0.4 is 14.9 Å². The van der Waals surface area contributed by atoms with Crippen LogP contribution in [-0.4, -0.2) is 32.5 Å². The van der Waals surface area contributed by atoms with Gasteiger partial charge in [0.25, 0.3) is 5.91 Å². The van der Waals surface area contributed by atoms with Gasteiger partial charge < -0.3 is 10.6 Å². The van der Waals surface area contributed by atoms with Gasteiger partial charge in [-0.1, -0.05) is 19.1 Å². The second-order valence-electron chi connectivity index (χ2n) is 7.63. The van der Waals surface area contributed by atoms with Crippen molar-refractivity contribution in [2.45, 2.75) is 45.7 Å². The van der Waals surface area contributed by atoms with Crippen LogP contribution in [0, 0.1) is 0 Å². The number of hydrogen-bond donors (Lipinski definition) is 2. The summed E-state index contributed by atoms with van der Waals surface area (Å²) in [5.41, 5.74) is 3.64. The molecule has 3 rings (SSSR count). The quantitative estimate of drug-likeness (QED) is 0.707. The number of rotatable bonds is 7. The molecule has 160 valence electrons. The van der Waals surface area contributed by atoms with Crippen LogP contribution in [0.15, 0.2) is 42.5 Å². The Morgan fingerprint density at radius 3 is 2.47 bits per heavy atom. The fourth-order valence-corrected chi connectivity index (χ4v) is 4.95. The zero-order chi connectivity index (χ0) is 21.9. The fraction of sp³-hybridized carbons (Fsp3) is 0.364. The second-order valence-corrected chi connectivity index (χ2v) is 9.49. The van der Waals surface area contributed by atoms with E-state index in [1.807, 2.05) is 38.1 Å². The summed E-state index contributed by atoms with van der Waals surface area (Å²) in [5.74, 6) is -0.234. The first-order valence-corrected chi connectivity index (χ1v) is 11.8. The molecule has 0 aromatic heterocycles. The average Bonchev–Trinajstić information content (AvgIpc) is 3.02. The van der Waals surface area contributed by atoms with Crippen molar-refractivity contribution in [3.05, 3.63) is 59.2 Å². The molecule has 30 heavy (non-hydrogen) atoms. The lowest BCUT2D eigenvalue weighted by Gasteiger charge is -2.21. The lowest BCUT2D eigenvalue weighted by Crippen LogP contribution is -2.34. The first kappa shape index (κ1) is 21.8. The highest BCUT2D eigenvalue weighted by molar-refractivity contribution is 7.92. The highest BCUT2D eigenvalue weighted by atomic mass is 32.2. The molecule has 2 aromatic rings. The predicted molar refractivity (Wildman–Crippen MR) is 118 cm³/mol. The Labute approximate surface area is 177 Å². The van der Waals surface area contributed by atoms with Crippen molar-refractivity contribution >= 4 is 33.2 Å². The minimum atomic E-state index is -3.35. The minimum Gasteiger partial charge on any atom is -0.348 e. The van der Waals surface area contributed by atoms with Gasteiger partial charge in [-0.05, 0) is 61.2 Å². The van der Waals surface area contributed by atoms with Gasteiger partial charge in [0, 0.05) is 30.3 Å². The Morgan fingerprint density at radius 2 is 1.83 bits per heavy atom. The molecule has 1 heterocycles. The highest BCUT2D eigenvalue weighted by Crippen LogP contribution is 2.34. The number of nitrogens with one attached hydrogen (secondary N) is 2. The van der Waals surface area contributed by atoms with Gasteiger partial charge in [0.1, 0.15) is 0 Å². The molecule has 7 nitrogen and oxygen atoms in total. The van der Waals surface area contributed by atoms with Crippen LogP contribution in [0.1, 0.15) is 48.2 Å². The molecular formula is C22H27N3O4S. The Balaban J connectivity index is 1.62. The molecule has 2 N–H and O–H groups in total. The van der Waals surface area contributed by atoms with Crippen LogP contribution in [0.25, 0.3) is 0 Å². The van der Waals surface area contributed by atoms with E-state index in [-0.39, 0.29) is 17.9 Å². The van der Waals surface area contributed by atoms with Crippen LogP contribution in [0.3, 0.4) is 0 Å². The Hall–Kier alpha value is -2.87. The van der Waals surface area contributed by atoms with E-state index < -0.39 is 10.0 Å². The number of carbonyl (C=O) groups excluding carboxylic acids is 2. The molecule has 0 radical (unpaired) electrons. The molecule has 1 unspecified atom stereocenters. The highest BCUT2D eigenvalue weighted by Gasteiger charge is 2.32. The van der Waals surface area contributed by atoms with Crippen LogP contribution in [0.5, 0.6) is 0 Å². The van der Waals surface area contributed by atoms with Crippen molar-refractivity contribution in [3.63, 3.8) is 0 Å². The largest absolute Gasteiger partial charge is 0.348 e. The first-order valence-electron chi connectivity index (χ1n) is 9.98. The van der Waals surface area contributed by atoms with Gasteiger partial charge in [-0.15, -0.1) is 0 Å².